The zero-order chi connectivity index (χ0) is 19.2. The van der Waals surface area contributed by atoms with Crippen LogP contribution in [0.5, 0.6) is 5.75 Å². The average molecular weight is 433 g/mol. The number of hydrogen-bond donors (Lipinski definition) is 2. The lowest BCUT2D eigenvalue weighted by Gasteiger charge is -2.14. The lowest BCUT2D eigenvalue weighted by Crippen LogP contribution is -2.32. The third-order valence-electron chi connectivity index (χ3n) is 4.35. The van der Waals surface area contributed by atoms with Crippen LogP contribution in [0.25, 0.3) is 0 Å². The van der Waals surface area contributed by atoms with Gasteiger partial charge in [0.15, 0.2) is 0 Å². The van der Waals surface area contributed by atoms with Crippen LogP contribution in [-0.2, 0) is 4.74 Å². The van der Waals surface area contributed by atoms with E-state index in [1.807, 2.05) is 0 Å². The summed E-state index contributed by atoms with van der Waals surface area (Å²) in [7, 11) is 1.56. The second-order valence-electron chi connectivity index (χ2n) is 6.19. The molecule has 142 valence electrons. The predicted octanol–water partition coefficient (Wildman–Crippen LogP) is 3.62. The maximum absolute atomic E-state index is 12.6. The standard InChI is InChI=1S/C20H21BrN2O4/c1-26-18-9-8-13(11-16(18)21)19(24)23-17-7-3-2-6-15(17)20(25)22-12-14-5-4-10-27-14/h2-3,6-9,11,14H,4-5,10,12H2,1H3,(H,22,25)(H,23,24). The first-order valence-electron chi connectivity index (χ1n) is 8.72. The Balaban J connectivity index is 1.70. The first-order chi connectivity index (χ1) is 13.1. The summed E-state index contributed by atoms with van der Waals surface area (Å²) in [5.74, 6) is 0.0931. The molecule has 1 fully saturated rings. The molecule has 27 heavy (non-hydrogen) atoms. The molecule has 2 aromatic carbocycles. The van der Waals surface area contributed by atoms with E-state index in [4.69, 9.17) is 9.47 Å². The van der Waals surface area contributed by atoms with Crippen LogP contribution in [0.1, 0.15) is 33.6 Å². The molecule has 1 aliphatic heterocycles. The van der Waals surface area contributed by atoms with Crippen molar-refractivity contribution in [3.05, 3.63) is 58.1 Å². The predicted molar refractivity (Wildman–Crippen MR) is 106 cm³/mol. The molecule has 0 aliphatic carbocycles. The van der Waals surface area contributed by atoms with Gasteiger partial charge in [-0.25, -0.2) is 0 Å². The number of hydrogen-bond acceptors (Lipinski definition) is 4. The summed E-state index contributed by atoms with van der Waals surface area (Å²) in [4.78, 5) is 25.1. The van der Waals surface area contributed by atoms with Crippen molar-refractivity contribution in [3.8, 4) is 5.75 Å². The van der Waals surface area contributed by atoms with Crippen LogP contribution < -0.4 is 15.4 Å². The molecule has 7 heteroatoms. The highest BCUT2D eigenvalue weighted by Gasteiger charge is 2.19. The maximum atomic E-state index is 12.6. The van der Waals surface area contributed by atoms with E-state index in [9.17, 15) is 9.59 Å². The Hall–Kier alpha value is -2.38. The number of carbonyl (C=O) groups is 2. The molecule has 1 heterocycles. The van der Waals surface area contributed by atoms with Gasteiger partial charge in [-0.2, -0.15) is 0 Å². The Morgan fingerprint density at radius 1 is 1.22 bits per heavy atom. The van der Waals surface area contributed by atoms with Crippen LogP contribution in [0.4, 0.5) is 5.69 Å². The van der Waals surface area contributed by atoms with Crippen LogP contribution in [-0.4, -0.2) is 38.2 Å². The number of anilines is 1. The van der Waals surface area contributed by atoms with Gasteiger partial charge >= 0.3 is 0 Å². The highest BCUT2D eigenvalue weighted by molar-refractivity contribution is 9.10. The molecule has 0 aromatic heterocycles. The summed E-state index contributed by atoms with van der Waals surface area (Å²) < 4.78 is 11.4. The highest BCUT2D eigenvalue weighted by atomic mass is 79.9. The molecule has 2 amide bonds. The number of methoxy groups -OCH3 is 1. The van der Waals surface area contributed by atoms with E-state index in [1.54, 1.807) is 49.6 Å². The molecule has 6 nitrogen and oxygen atoms in total. The summed E-state index contributed by atoms with van der Waals surface area (Å²) in [6, 6.07) is 12.0. The van der Waals surface area contributed by atoms with E-state index < -0.39 is 0 Å². The van der Waals surface area contributed by atoms with Crippen molar-refractivity contribution >= 4 is 33.4 Å². The van der Waals surface area contributed by atoms with E-state index in [2.05, 4.69) is 26.6 Å². The minimum atomic E-state index is -0.308. The molecule has 0 radical (unpaired) electrons. The lowest BCUT2D eigenvalue weighted by molar-refractivity contribution is 0.0858. The number of rotatable bonds is 6. The normalized spacial score (nSPS) is 16.0. The van der Waals surface area contributed by atoms with Gasteiger partial charge < -0.3 is 20.1 Å². The molecule has 3 rings (SSSR count). The van der Waals surface area contributed by atoms with Crippen molar-refractivity contribution in [3.63, 3.8) is 0 Å². The number of carbonyl (C=O) groups excluding carboxylic acids is 2. The van der Waals surface area contributed by atoms with Gasteiger partial charge in [0.1, 0.15) is 5.75 Å². The molecule has 0 bridgehead atoms. The number of benzene rings is 2. The van der Waals surface area contributed by atoms with E-state index in [0.717, 1.165) is 19.4 Å². The minimum absolute atomic E-state index is 0.0624. The van der Waals surface area contributed by atoms with Crippen LogP contribution in [0.15, 0.2) is 46.9 Å². The third-order valence-corrected chi connectivity index (χ3v) is 4.97. The van der Waals surface area contributed by atoms with Crippen molar-refractivity contribution in [2.24, 2.45) is 0 Å². The first-order valence-corrected chi connectivity index (χ1v) is 9.51. The fourth-order valence-electron chi connectivity index (χ4n) is 2.90. The molecule has 1 saturated heterocycles. The van der Waals surface area contributed by atoms with Gasteiger partial charge in [-0.1, -0.05) is 12.1 Å². The highest BCUT2D eigenvalue weighted by Crippen LogP contribution is 2.26. The van der Waals surface area contributed by atoms with Crippen LogP contribution in [0.3, 0.4) is 0 Å². The van der Waals surface area contributed by atoms with Crippen LogP contribution in [0, 0.1) is 0 Å². The number of nitrogens with one attached hydrogen (secondary N) is 2. The van der Waals surface area contributed by atoms with Crippen molar-refractivity contribution < 1.29 is 19.1 Å². The Kier molecular flexibility index (Phi) is 6.47. The Bertz CT molecular complexity index is 834. The number of ether oxygens (including phenoxy) is 2. The van der Waals surface area contributed by atoms with Crippen molar-refractivity contribution in [1.29, 1.82) is 0 Å². The van der Waals surface area contributed by atoms with Crippen molar-refractivity contribution in [1.82, 2.24) is 5.32 Å². The summed E-state index contributed by atoms with van der Waals surface area (Å²) in [6.45, 7) is 1.21. The second kappa shape index (κ2) is 9.01. The quantitative estimate of drug-likeness (QED) is 0.730. The molecular formula is C20H21BrN2O4. The molecule has 2 N–H and O–H groups in total. The van der Waals surface area contributed by atoms with Gasteiger partial charge in [0.25, 0.3) is 11.8 Å². The zero-order valence-electron chi connectivity index (χ0n) is 15.0. The molecule has 1 unspecified atom stereocenters. The SMILES string of the molecule is COc1ccc(C(=O)Nc2ccccc2C(=O)NCC2CCCO2)cc1Br. The Morgan fingerprint density at radius 2 is 2.04 bits per heavy atom. The fraction of sp³-hybridized carbons (Fsp3) is 0.300. The van der Waals surface area contributed by atoms with Gasteiger partial charge in [0, 0.05) is 18.7 Å². The van der Waals surface area contributed by atoms with Gasteiger partial charge in [-0.05, 0) is 59.1 Å². The molecule has 1 aliphatic rings. The largest absolute Gasteiger partial charge is 0.496 e. The lowest BCUT2D eigenvalue weighted by atomic mass is 10.1. The fourth-order valence-corrected chi connectivity index (χ4v) is 3.44. The number of para-hydroxylation sites is 1. The number of halogens is 1. The molecule has 0 saturated carbocycles. The summed E-state index contributed by atoms with van der Waals surface area (Å²) in [6.07, 6.45) is 2.03. The van der Waals surface area contributed by atoms with E-state index in [-0.39, 0.29) is 17.9 Å². The number of amides is 2. The van der Waals surface area contributed by atoms with E-state index in [0.29, 0.717) is 33.6 Å². The molecule has 1 atom stereocenters. The van der Waals surface area contributed by atoms with Gasteiger partial charge in [-0.15, -0.1) is 0 Å². The van der Waals surface area contributed by atoms with Gasteiger partial charge in [0.05, 0.1) is 28.9 Å². The molecule has 0 spiro atoms. The average Bonchev–Trinajstić information content (AvgIpc) is 3.20. The Labute approximate surface area is 166 Å². The second-order valence-corrected chi connectivity index (χ2v) is 7.05. The van der Waals surface area contributed by atoms with Crippen molar-refractivity contribution in [2.75, 3.05) is 25.6 Å². The topological polar surface area (TPSA) is 76.7 Å². The van der Waals surface area contributed by atoms with Crippen LogP contribution >= 0.6 is 15.9 Å². The Morgan fingerprint density at radius 3 is 2.74 bits per heavy atom. The summed E-state index contributed by atoms with van der Waals surface area (Å²) in [5, 5.41) is 5.69. The molecule has 2 aromatic rings. The van der Waals surface area contributed by atoms with E-state index >= 15 is 0 Å². The maximum Gasteiger partial charge on any atom is 0.255 e. The minimum Gasteiger partial charge on any atom is -0.496 e. The van der Waals surface area contributed by atoms with Crippen molar-refractivity contribution in [2.45, 2.75) is 18.9 Å². The van der Waals surface area contributed by atoms with E-state index in [1.165, 1.54) is 0 Å². The van der Waals surface area contributed by atoms with Crippen LogP contribution in [0.2, 0.25) is 0 Å². The zero-order valence-corrected chi connectivity index (χ0v) is 16.5. The van der Waals surface area contributed by atoms with Gasteiger partial charge in [0.2, 0.25) is 0 Å². The summed E-state index contributed by atoms with van der Waals surface area (Å²) >= 11 is 3.37. The van der Waals surface area contributed by atoms with Gasteiger partial charge in [-0.3, -0.25) is 9.59 Å². The monoisotopic (exact) mass is 432 g/mol. The third kappa shape index (κ3) is 4.87. The smallest absolute Gasteiger partial charge is 0.255 e. The summed E-state index contributed by atoms with van der Waals surface area (Å²) in [5.41, 5.74) is 1.33. The molecular weight excluding hydrogens is 412 g/mol. The first kappa shape index (κ1) is 19.4.